The predicted octanol–water partition coefficient (Wildman–Crippen LogP) is 2.28. The molecule has 0 N–H and O–H groups in total. The van der Waals surface area contributed by atoms with Crippen molar-refractivity contribution < 1.29 is 4.79 Å². The number of carbonyl (C=O) groups excluding carboxylic acids is 1. The molecule has 3 heterocycles. The number of pyridine rings is 1. The summed E-state index contributed by atoms with van der Waals surface area (Å²) in [6, 6.07) is 11.3. The van der Waals surface area contributed by atoms with Crippen molar-refractivity contribution in [1.82, 2.24) is 24.3 Å². The smallest absolute Gasteiger partial charge is 0.255 e. The highest BCUT2D eigenvalue weighted by molar-refractivity contribution is 5.96. The topological polar surface area (TPSA) is 54.3 Å². The van der Waals surface area contributed by atoms with E-state index in [2.05, 4.69) is 39.1 Å². The van der Waals surface area contributed by atoms with E-state index in [9.17, 15) is 4.79 Å². The van der Waals surface area contributed by atoms with Gasteiger partial charge in [0.15, 0.2) is 5.65 Å². The number of hydrogen-bond acceptors (Lipinski definition) is 4. The molecule has 28 heavy (non-hydrogen) atoms. The average Bonchev–Trinajstić information content (AvgIpc) is 3.13. The summed E-state index contributed by atoms with van der Waals surface area (Å²) < 4.78 is 1.87. The van der Waals surface area contributed by atoms with E-state index in [0.717, 1.165) is 50.2 Å². The van der Waals surface area contributed by atoms with Crippen LogP contribution in [0.15, 0.2) is 42.9 Å². The van der Waals surface area contributed by atoms with Crippen molar-refractivity contribution in [2.75, 3.05) is 26.2 Å². The van der Waals surface area contributed by atoms with Gasteiger partial charge in [-0.15, -0.1) is 0 Å². The molecule has 1 aliphatic carbocycles. The first kappa shape index (κ1) is 17.4. The molecule has 0 radical (unpaired) electrons. The van der Waals surface area contributed by atoms with Gasteiger partial charge in [0.1, 0.15) is 5.52 Å². The van der Waals surface area contributed by atoms with Gasteiger partial charge in [0.05, 0.1) is 11.9 Å². The number of aryl methyl sites for hydroxylation is 2. The molecule has 1 aliphatic heterocycles. The van der Waals surface area contributed by atoms with Gasteiger partial charge in [-0.05, 0) is 36.5 Å². The molecular weight excluding hydrogens is 350 g/mol. The summed E-state index contributed by atoms with van der Waals surface area (Å²) in [6.45, 7) is 3.43. The minimum atomic E-state index is 0.0636. The highest BCUT2D eigenvalue weighted by atomic mass is 16.2. The van der Waals surface area contributed by atoms with E-state index in [4.69, 9.17) is 0 Å². The Balaban J connectivity index is 1.23. The Kier molecular flexibility index (Phi) is 4.36. The van der Waals surface area contributed by atoms with Gasteiger partial charge in [-0.25, -0.2) is 9.97 Å². The number of amides is 1. The van der Waals surface area contributed by atoms with Crippen LogP contribution in [0.1, 0.15) is 27.9 Å². The molecule has 1 saturated heterocycles. The first-order valence-corrected chi connectivity index (χ1v) is 10.1. The van der Waals surface area contributed by atoms with E-state index in [1.165, 1.54) is 17.5 Å². The van der Waals surface area contributed by atoms with Crippen molar-refractivity contribution in [2.45, 2.75) is 25.3 Å². The third-order valence-electron chi connectivity index (χ3n) is 6.24. The number of aromatic nitrogens is 3. The Labute approximate surface area is 164 Å². The number of hydrogen-bond donors (Lipinski definition) is 0. The van der Waals surface area contributed by atoms with Crippen LogP contribution in [0.4, 0.5) is 0 Å². The SMILES string of the molecule is Cn1cnc2cc(C(=O)N3CCN(C4CCc5ccccc5C4)CC3)cnc21. The van der Waals surface area contributed by atoms with Crippen LogP contribution in [0.2, 0.25) is 0 Å². The molecule has 3 aromatic rings. The Morgan fingerprint density at radius 3 is 2.68 bits per heavy atom. The zero-order valence-electron chi connectivity index (χ0n) is 16.2. The number of carbonyl (C=O) groups is 1. The third kappa shape index (κ3) is 3.07. The monoisotopic (exact) mass is 375 g/mol. The second kappa shape index (κ2) is 7.02. The highest BCUT2D eigenvalue weighted by Crippen LogP contribution is 2.25. The molecule has 1 atom stereocenters. The van der Waals surface area contributed by atoms with Gasteiger partial charge in [-0.3, -0.25) is 9.69 Å². The molecular formula is C22H25N5O. The molecule has 1 fully saturated rings. The molecule has 6 nitrogen and oxygen atoms in total. The number of rotatable bonds is 2. The van der Waals surface area contributed by atoms with Crippen LogP contribution < -0.4 is 0 Å². The number of imidazole rings is 1. The first-order valence-electron chi connectivity index (χ1n) is 10.1. The van der Waals surface area contributed by atoms with Gasteiger partial charge >= 0.3 is 0 Å². The van der Waals surface area contributed by atoms with Crippen molar-refractivity contribution >= 4 is 17.1 Å². The lowest BCUT2D eigenvalue weighted by Gasteiger charge is -2.41. The van der Waals surface area contributed by atoms with E-state index in [0.29, 0.717) is 11.6 Å². The fourth-order valence-corrected chi connectivity index (χ4v) is 4.60. The van der Waals surface area contributed by atoms with E-state index in [-0.39, 0.29) is 5.91 Å². The van der Waals surface area contributed by atoms with Crippen molar-refractivity contribution in [3.8, 4) is 0 Å². The standard InChI is InChI=1S/C22H25N5O/c1-25-15-24-20-13-18(14-23-21(20)25)22(28)27-10-8-26(9-11-27)19-7-6-16-4-2-3-5-17(16)12-19/h2-5,13-15,19H,6-12H2,1H3. The van der Waals surface area contributed by atoms with E-state index in [1.807, 2.05) is 22.6 Å². The normalized spacial score (nSPS) is 20.3. The van der Waals surface area contributed by atoms with E-state index < -0.39 is 0 Å². The van der Waals surface area contributed by atoms with Gasteiger partial charge < -0.3 is 9.47 Å². The Hall–Kier alpha value is -2.73. The lowest BCUT2D eigenvalue weighted by molar-refractivity contribution is 0.0553. The number of nitrogens with zero attached hydrogens (tertiary/aromatic N) is 5. The Bertz CT molecular complexity index is 1020. The zero-order chi connectivity index (χ0) is 19.1. The lowest BCUT2D eigenvalue weighted by atomic mass is 9.87. The van der Waals surface area contributed by atoms with Crippen molar-refractivity contribution in [2.24, 2.45) is 7.05 Å². The number of fused-ring (bicyclic) bond motifs is 2. The van der Waals surface area contributed by atoms with Crippen LogP contribution in [0.5, 0.6) is 0 Å². The minimum Gasteiger partial charge on any atom is -0.336 e. The molecule has 2 aromatic heterocycles. The number of benzene rings is 1. The summed E-state index contributed by atoms with van der Waals surface area (Å²) in [5.74, 6) is 0.0636. The molecule has 144 valence electrons. The molecule has 1 aromatic carbocycles. The van der Waals surface area contributed by atoms with Crippen molar-refractivity contribution in [3.05, 3.63) is 59.5 Å². The van der Waals surface area contributed by atoms with Crippen LogP contribution in [0, 0.1) is 0 Å². The molecule has 2 aliphatic rings. The Morgan fingerprint density at radius 1 is 1.07 bits per heavy atom. The summed E-state index contributed by atoms with van der Waals surface area (Å²) in [6.07, 6.45) is 6.91. The molecule has 1 amide bonds. The maximum Gasteiger partial charge on any atom is 0.255 e. The van der Waals surface area contributed by atoms with Gasteiger partial charge in [0.25, 0.3) is 5.91 Å². The third-order valence-corrected chi connectivity index (χ3v) is 6.24. The molecule has 6 heteroatoms. The van der Waals surface area contributed by atoms with Gasteiger partial charge in [-0.1, -0.05) is 24.3 Å². The Morgan fingerprint density at radius 2 is 1.86 bits per heavy atom. The van der Waals surface area contributed by atoms with Gasteiger partial charge in [0, 0.05) is 45.5 Å². The molecule has 0 bridgehead atoms. The maximum atomic E-state index is 12.9. The highest BCUT2D eigenvalue weighted by Gasteiger charge is 2.29. The van der Waals surface area contributed by atoms with Gasteiger partial charge in [0.2, 0.25) is 0 Å². The van der Waals surface area contributed by atoms with Crippen LogP contribution in [0.25, 0.3) is 11.2 Å². The summed E-state index contributed by atoms with van der Waals surface area (Å²) in [5, 5.41) is 0. The second-order valence-corrected chi connectivity index (χ2v) is 7.92. The quantitative estimate of drug-likeness (QED) is 0.690. The molecule has 5 rings (SSSR count). The maximum absolute atomic E-state index is 12.9. The van der Waals surface area contributed by atoms with Crippen LogP contribution in [-0.4, -0.2) is 62.5 Å². The number of piperazine rings is 1. The van der Waals surface area contributed by atoms with Crippen molar-refractivity contribution in [1.29, 1.82) is 0 Å². The predicted molar refractivity (Wildman–Crippen MR) is 108 cm³/mol. The molecule has 1 unspecified atom stereocenters. The first-order chi connectivity index (χ1) is 13.7. The van der Waals surface area contributed by atoms with E-state index >= 15 is 0 Å². The summed E-state index contributed by atoms with van der Waals surface area (Å²) >= 11 is 0. The van der Waals surface area contributed by atoms with Crippen LogP contribution in [0.3, 0.4) is 0 Å². The van der Waals surface area contributed by atoms with E-state index in [1.54, 1.807) is 12.5 Å². The van der Waals surface area contributed by atoms with Crippen LogP contribution >= 0.6 is 0 Å². The second-order valence-electron chi connectivity index (χ2n) is 7.92. The minimum absolute atomic E-state index is 0.0636. The fraction of sp³-hybridized carbons (Fsp3) is 0.409. The zero-order valence-corrected chi connectivity index (χ0v) is 16.2. The molecule has 0 spiro atoms. The fourth-order valence-electron chi connectivity index (χ4n) is 4.60. The molecule has 0 saturated carbocycles. The average molecular weight is 375 g/mol. The lowest BCUT2D eigenvalue weighted by Crippen LogP contribution is -2.53. The van der Waals surface area contributed by atoms with Gasteiger partial charge in [-0.2, -0.15) is 0 Å². The summed E-state index contributed by atoms with van der Waals surface area (Å²) in [4.78, 5) is 26.2. The van der Waals surface area contributed by atoms with Crippen molar-refractivity contribution in [3.63, 3.8) is 0 Å². The summed E-state index contributed by atoms with van der Waals surface area (Å²) in [7, 11) is 1.91. The summed E-state index contributed by atoms with van der Waals surface area (Å²) in [5.41, 5.74) is 5.20. The van der Waals surface area contributed by atoms with Crippen LogP contribution in [-0.2, 0) is 19.9 Å². The largest absolute Gasteiger partial charge is 0.336 e.